The lowest BCUT2D eigenvalue weighted by Crippen LogP contribution is -2.17. The summed E-state index contributed by atoms with van der Waals surface area (Å²) in [5.74, 6) is 0.484. The minimum Gasteiger partial charge on any atom is -0.398 e. The fourth-order valence-corrected chi connectivity index (χ4v) is 3.59. The average Bonchev–Trinajstić information content (AvgIpc) is 2.25. The van der Waals surface area contributed by atoms with Crippen molar-refractivity contribution in [2.24, 2.45) is 0 Å². The molecule has 88 valence electrons. The zero-order valence-electron chi connectivity index (χ0n) is 8.92. The number of aliphatic hydroxyl groups is 1. The highest BCUT2D eigenvalue weighted by Crippen LogP contribution is 2.39. The van der Waals surface area contributed by atoms with Crippen molar-refractivity contribution in [3.05, 3.63) is 26.6 Å². The molecule has 16 heavy (non-hydrogen) atoms. The van der Waals surface area contributed by atoms with Crippen LogP contribution in [0, 0.1) is 0 Å². The van der Waals surface area contributed by atoms with Crippen molar-refractivity contribution in [1.29, 1.82) is 0 Å². The molecule has 0 heterocycles. The third-order valence-corrected chi connectivity index (χ3v) is 4.38. The number of aliphatic hydroxyl groups excluding tert-OH is 1. The van der Waals surface area contributed by atoms with Gasteiger partial charge < -0.3 is 10.8 Å². The predicted molar refractivity (Wildman–Crippen MR) is 73.5 cm³/mol. The molecule has 1 aromatic rings. The molecule has 0 bridgehead atoms. The summed E-state index contributed by atoms with van der Waals surface area (Å²) in [7, 11) is 0. The van der Waals surface area contributed by atoms with E-state index in [1.807, 2.05) is 6.07 Å². The largest absolute Gasteiger partial charge is 0.398 e. The number of halogens is 2. The van der Waals surface area contributed by atoms with Gasteiger partial charge in [-0.05, 0) is 65.2 Å². The lowest BCUT2D eigenvalue weighted by atomic mass is 9.82. The van der Waals surface area contributed by atoms with E-state index in [2.05, 4.69) is 37.9 Å². The van der Waals surface area contributed by atoms with Crippen molar-refractivity contribution >= 4 is 37.5 Å². The molecule has 1 saturated carbocycles. The van der Waals surface area contributed by atoms with E-state index >= 15 is 0 Å². The highest BCUT2D eigenvalue weighted by atomic mass is 79.9. The van der Waals surface area contributed by atoms with E-state index in [1.54, 1.807) is 0 Å². The first kappa shape index (κ1) is 12.4. The topological polar surface area (TPSA) is 46.2 Å². The molecule has 0 unspecified atom stereocenters. The van der Waals surface area contributed by atoms with Gasteiger partial charge in [-0.2, -0.15) is 0 Å². The van der Waals surface area contributed by atoms with Gasteiger partial charge in [-0.15, -0.1) is 0 Å². The molecule has 0 atom stereocenters. The number of anilines is 1. The molecule has 1 aliphatic carbocycles. The predicted octanol–water partition coefficient (Wildman–Crippen LogP) is 3.81. The Morgan fingerprint density at radius 3 is 2.38 bits per heavy atom. The fraction of sp³-hybridized carbons (Fsp3) is 0.500. The van der Waals surface area contributed by atoms with Crippen LogP contribution in [0.2, 0.25) is 0 Å². The van der Waals surface area contributed by atoms with Gasteiger partial charge in [0.2, 0.25) is 0 Å². The van der Waals surface area contributed by atoms with Gasteiger partial charge in [0.25, 0.3) is 0 Å². The van der Waals surface area contributed by atoms with Crippen LogP contribution in [0.1, 0.15) is 37.2 Å². The fourth-order valence-electron chi connectivity index (χ4n) is 2.33. The molecule has 0 spiro atoms. The second-order valence-corrected chi connectivity index (χ2v) is 6.17. The van der Waals surface area contributed by atoms with Crippen LogP contribution in [0.25, 0.3) is 0 Å². The van der Waals surface area contributed by atoms with E-state index in [0.717, 1.165) is 40.3 Å². The summed E-state index contributed by atoms with van der Waals surface area (Å²) in [6.45, 7) is 0. The van der Waals surface area contributed by atoms with Gasteiger partial charge in [-0.25, -0.2) is 0 Å². The number of nitrogen functional groups attached to an aromatic ring is 1. The Morgan fingerprint density at radius 2 is 1.75 bits per heavy atom. The van der Waals surface area contributed by atoms with E-state index < -0.39 is 0 Å². The van der Waals surface area contributed by atoms with E-state index in [4.69, 9.17) is 5.73 Å². The molecule has 4 heteroatoms. The van der Waals surface area contributed by atoms with Crippen molar-refractivity contribution in [2.75, 3.05) is 5.73 Å². The van der Waals surface area contributed by atoms with E-state index in [9.17, 15) is 5.11 Å². The van der Waals surface area contributed by atoms with Gasteiger partial charge in [0, 0.05) is 14.6 Å². The molecule has 0 saturated heterocycles. The SMILES string of the molecule is Nc1c(Br)cc(Br)cc1C1CCC(O)CC1. The first-order chi connectivity index (χ1) is 7.58. The summed E-state index contributed by atoms with van der Waals surface area (Å²) in [6, 6.07) is 4.07. The van der Waals surface area contributed by atoms with Crippen molar-refractivity contribution < 1.29 is 5.11 Å². The minimum absolute atomic E-state index is 0.118. The van der Waals surface area contributed by atoms with Crippen molar-refractivity contribution in [3.8, 4) is 0 Å². The smallest absolute Gasteiger partial charge is 0.0540 e. The Kier molecular flexibility index (Phi) is 3.93. The van der Waals surface area contributed by atoms with Crippen LogP contribution < -0.4 is 5.73 Å². The Morgan fingerprint density at radius 1 is 1.12 bits per heavy atom. The molecule has 0 aliphatic heterocycles. The highest BCUT2D eigenvalue weighted by molar-refractivity contribution is 9.11. The van der Waals surface area contributed by atoms with Gasteiger partial charge in [-0.1, -0.05) is 15.9 Å². The Balaban J connectivity index is 2.26. The number of rotatable bonds is 1. The van der Waals surface area contributed by atoms with Crippen LogP contribution >= 0.6 is 31.9 Å². The van der Waals surface area contributed by atoms with Crippen LogP contribution in [0.5, 0.6) is 0 Å². The third-order valence-electron chi connectivity index (χ3n) is 3.26. The quantitative estimate of drug-likeness (QED) is 0.758. The van der Waals surface area contributed by atoms with Gasteiger partial charge in [0.1, 0.15) is 0 Å². The van der Waals surface area contributed by atoms with Crippen molar-refractivity contribution in [2.45, 2.75) is 37.7 Å². The lowest BCUT2D eigenvalue weighted by Gasteiger charge is -2.27. The van der Waals surface area contributed by atoms with E-state index in [1.165, 1.54) is 5.56 Å². The van der Waals surface area contributed by atoms with Gasteiger partial charge >= 0.3 is 0 Å². The molecule has 1 fully saturated rings. The zero-order valence-corrected chi connectivity index (χ0v) is 12.1. The second-order valence-electron chi connectivity index (χ2n) is 4.40. The maximum atomic E-state index is 9.50. The number of nitrogens with two attached hydrogens (primary N) is 1. The van der Waals surface area contributed by atoms with Crippen LogP contribution in [0.4, 0.5) is 5.69 Å². The molecule has 1 aromatic carbocycles. The first-order valence-corrected chi connectivity index (χ1v) is 7.09. The summed E-state index contributed by atoms with van der Waals surface area (Å²) in [5.41, 5.74) is 8.13. The van der Waals surface area contributed by atoms with Crippen LogP contribution in [-0.2, 0) is 0 Å². The summed E-state index contributed by atoms with van der Waals surface area (Å²) in [6.07, 6.45) is 3.69. The van der Waals surface area contributed by atoms with Crippen LogP contribution in [0.3, 0.4) is 0 Å². The summed E-state index contributed by atoms with van der Waals surface area (Å²) < 4.78 is 2.00. The van der Waals surface area contributed by atoms with Gasteiger partial charge in [0.15, 0.2) is 0 Å². The lowest BCUT2D eigenvalue weighted by molar-refractivity contribution is 0.122. The zero-order chi connectivity index (χ0) is 11.7. The summed E-state index contributed by atoms with van der Waals surface area (Å²) >= 11 is 6.96. The van der Waals surface area contributed by atoms with Crippen molar-refractivity contribution in [3.63, 3.8) is 0 Å². The molecule has 0 amide bonds. The number of hydrogen-bond acceptors (Lipinski definition) is 2. The maximum Gasteiger partial charge on any atom is 0.0540 e. The number of benzene rings is 1. The highest BCUT2D eigenvalue weighted by Gasteiger charge is 2.23. The molecule has 0 aromatic heterocycles. The molecule has 2 nitrogen and oxygen atoms in total. The molecule has 0 radical (unpaired) electrons. The Bertz CT molecular complexity index is 387. The standard InChI is InChI=1S/C12H15Br2NO/c13-8-5-10(12(15)11(14)6-8)7-1-3-9(16)4-2-7/h5-7,9,16H,1-4,15H2. The Labute approximate surface area is 112 Å². The number of hydrogen-bond donors (Lipinski definition) is 2. The van der Waals surface area contributed by atoms with Gasteiger partial charge in [0.05, 0.1) is 6.10 Å². The maximum absolute atomic E-state index is 9.50. The average molecular weight is 349 g/mol. The first-order valence-electron chi connectivity index (χ1n) is 5.50. The van der Waals surface area contributed by atoms with Crippen molar-refractivity contribution in [1.82, 2.24) is 0 Å². The molecular weight excluding hydrogens is 334 g/mol. The minimum atomic E-state index is -0.118. The second kappa shape index (κ2) is 5.07. The molecule has 1 aliphatic rings. The van der Waals surface area contributed by atoms with E-state index in [0.29, 0.717) is 5.92 Å². The molecule has 2 rings (SSSR count). The molecular formula is C12H15Br2NO. The van der Waals surface area contributed by atoms with Crippen LogP contribution in [0.15, 0.2) is 21.1 Å². The Hall–Kier alpha value is -0.0600. The van der Waals surface area contributed by atoms with Gasteiger partial charge in [-0.3, -0.25) is 0 Å². The monoisotopic (exact) mass is 347 g/mol. The van der Waals surface area contributed by atoms with Crippen LogP contribution in [-0.4, -0.2) is 11.2 Å². The summed E-state index contributed by atoms with van der Waals surface area (Å²) in [5, 5.41) is 9.50. The third kappa shape index (κ3) is 2.60. The normalized spacial score (nSPS) is 25.7. The van der Waals surface area contributed by atoms with E-state index in [-0.39, 0.29) is 6.10 Å². The molecule has 3 N–H and O–H groups in total. The summed E-state index contributed by atoms with van der Waals surface area (Å²) in [4.78, 5) is 0.